The van der Waals surface area contributed by atoms with E-state index in [2.05, 4.69) is 16.4 Å². The first-order chi connectivity index (χ1) is 10.1. The van der Waals surface area contributed by atoms with Gasteiger partial charge in [-0.3, -0.25) is 0 Å². The van der Waals surface area contributed by atoms with Gasteiger partial charge in [0.05, 0.1) is 17.9 Å². The summed E-state index contributed by atoms with van der Waals surface area (Å²) >= 11 is 0. The molecule has 1 aliphatic rings. The maximum atomic E-state index is 9.61. The van der Waals surface area contributed by atoms with Gasteiger partial charge in [-0.1, -0.05) is 6.07 Å². The van der Waals surface area contributed by atoms with Crippen molar-refractivity contribution in [2.24, 2.45) is 0 Å². The molecule has 0 bridgehead atoms. The minimum absolute atomic E-state index is 0.293. The van der Waals surface area contributed by atoms with Gasteiger partial charge in [0.15, 0.2) is 0 Å². The number of hydrogen-bond acceptors (Lipinski definition) is 4. The second-order valence-corrected chi connectivity index (χ2v) is 5.77. The summed E-state index contributed by atoms with van der Waals surface area (Å²) < 4.78 is 0. The van der Waals surface area contributed by atoms with E-state index in [-0.39, 0.29) is 0 Å². The van der Waals surface area contributed by atoms with Crippen LogP contribution in [0.25, 0.3) is 0 Å². The molecule has 0 radical (unpaired) electrons. The predicted octanol–water partition coefficient (Wildman–Crippen LogP) is 3.34. The van der Waals surface area contributed by atoms with E-state index in [9.17, 15) is 5.11 Å². The second kappa shape index (κ2) is 5.64. The first-order valence-corrected chi connectivity index (χ1v) is 7.35. The molecule has 1 unspecified atom stereocenters. The highest BCUT2D eigenvalue weighted by molar-refractivity contribution is 5.51. The smallest absolute Gasteiger partial charge is 0.128 e. The molecule has 2 N–H and O–H groups in total. The van der Waals surface area contributed by atoms with Gasteiger partial charge in [-0.2, -0.15) is 0 Å². The lowest BCUT2D eigenvalue weighted by Crippen LogP contribution is -2.17. The third kappa shape index (κ3) is 2.94. The highest BCUT2D eigenvalue weighted by atomic mass is 16.3. The Morgan fingerprint density at radius 2 is 2.10 bits per heavy atom. The van der Waals surface area contributed by atoms with Crippen molar-refractivity contribution in [1.29, 1.82) is 0 Å². The van der Waals surface area contributed by atoms with Crippen LogP contribution in [0.15, 0.2) is 36.5 Å². The molecular formula is C17H21N3O. The summed E-state index contributed by atoms with van der Waals surface area (Å²) in [4.78, 5) is 6.43. The summed E-state index contributed by atoms with van der Waals surface area (Å²) in [6.07, 6.45) is 5.16. The monoisotopic (exact) mass is 283 g/mol. The van der Waals surface area contributed by atoms with Crippen LogP contribution in [0.2, 0.25) is 0 Å². The van der Waals surface area contributed by atoms with E-state index in [0.29, 0.717) is 11.8 Å². The summed E-state index contributed by atoms with van der Waals surface area (Å²) in [5.74, 6) is 1.31. The van der Waals surface area contributed by atoms with Gasteiger partial charge < -0.3 is 15.3 Å². The largest absolute Gasteiger partial charge is 0.508 e. The average molecular weight is 283 g/mol. The van der Waals surface area contributed by atoms with Crippen molar-refractivity contribution in [3.05, 3.63) is 47.7 Å². The third-order valence-corrected chi connectivity index (χ3v) is 3.99. The number of benzene rings is 1. The lowest BCUT2D eigenvalue weighted by molar-refractivity contribution is 0.472. The standard InChI is InChI=1S/C17H21N3O/c1-20(2)17-9-6-13(11-18-17)19-16-5-3-4-12-10-14(21)7-8-15(12)16/h6-11,16,19,21H,3-5H2,1-2H3. The molecule has 110 valence electrons. The number of aromatic hydroxyl groups is 1. The first kappa shape index (κ1) is 13.7. The van der Waals surface area contributed by atoms with E-state index in [1.807, 2.05) is 43.4 Å². The van der Waals surface area contributed by atoms with Gasteiger partial charge in [0.1, 0.15) is 11.6 Å². The molecule has 0 saturated carbocycles. The molecule has 0 spiro atoms. The van der Waals surface area contributed by atoms with Crippen molar-refractivity contribution >= 4 is 11.5 Å². The number of aromatic nitrogens is 1. The molecule has 4 heteroatoms. The molecular weight excluding hydrogens is 262 g/mol. The molecule has 0 aliphatic heterocycles. The van der Waals surface area contributed by atoms with Crippen LogP contribution in [0.4, 0.5) is 11.5 Å². The zero-order valence-corrected chi connectivity index (χ0v) is 12.5. The molecule has 0 fully saturated rings. The van der Waals surface area contributed by atoms with Crippen LogP contribution < -0.4 is 10.2 Å². The zero-order valence-electron chi connectivity index (χ0n) is 12.5. The fourth-order valence-corrected chi connectivity index (χ4v) is 2.89. The Kier molecular flexibility index (Phi) is 3.69. The van der Waals surface area contributed by atoms with Crippen molar-refractivity contribution in [2.45, 2.75) is 25.3 Å². The van der Waals surface area contributed by atoms with Crippen molar-refractivity contribution in [3.8, 4) is 5.75 Å². The van der Waals surface area contributed by atoms with Gasteiger partial charge in [0.25, 0.3) is 0 Å². The van der Waals surface area contributed by atoms with Gasteiger partial charge in [-0.25, -0.2) is 4.98 Å². The van der Waals surface area contributed by atoms with Crippen LogP contribution >= 0.6 is 0 Å². The Morgan fingerprint density at radius 3 is 2.81 bits per heavy atom. The van der Waals surface area contributed by atoms with Gasteiger partial charge >= 0.3 is 0 Å². The molecule has 0 saturated heterocycles. The number of anilines is 2. The summed E-state index contributed by atoms with van der Waals surface area (Å²) in [5.41, 5.74) is 3.57. The number of hydrogen-bond donors (Lipinski definition) is 2. The summed E-state index contributed by atoms with van der Waals surface area (Å²) in [7, 11) is 3.97. The van der Waals surface area contributed by atoms with Crippen molar-refractivity contribution in [3.63, 3.8) is 0 Å². The topological polar surface area (TPSA) is 48.4 Å². The normalized spacial score (nSPS) is 17.1. The van der Waals surface area contributed by atoms with Crippen LogP contribution in [0.1, 0.15) is 30.0 Å². The Hall–Kier alpha value is -2.23. The van der Waals surface area contributed by atoms with Crippen LogP contribution in [-0.2, 0) is 6.42 Å². The number of nitrogens with one attached hydrogen (secondary N) is 1. The van der Waals surface area contributed by atoms with E-state index in [1.54, 1.807) is 6.07 Å². The molecule has 1 aromatic heterocycles. The number of nitrogens with zero attached hydrogens (tertiary/aromatic N) is 2. The molecule has 4 nitrogen and oxygen atoms in total. The maximum Gasteiger partial charge on any atom is 0.128 e. The molecule has 1 aromatic carbocycles. The Bertz CT molecular complexity index is 622. The van der Waals surface area contributed by atoms with E-state index in [0.717, 1.165) is 30.8 Å². The Labute approximate surface area is 125 Å². The molecule has 1 aliphatic carbocycles. The molecule has 21 heavy (non-hydrogen) atoms. The average Bonchev–Trinajstić information content (AvgIpc) is 2.47. The minimum Gasteiger partial charge on any atom is -0.508 e. The fraction of sp³-hybridized carbons (Fsp3) is 0.353. The van der Waals surface area contributed by atoms with Gasteiger partial charge in [-0.15, -0.1) is 0 Å². The fourth-order valence-electron chi connectivity index (χ4n) is 2.89. The van der Waals surface area contributed by atoms with Crippen molar-refractivity contribution < 1.29 is 5.11 Å². The number of pyridine rings is 1. The molecule has 1 atom stereocenters. The van der Waals surface area contributed by atoms with Crippen LogP contribution in [-0.4, -0.2) is 24.2 Å². The summed E-state index contributed by atoms with van der Waals surface area (Å²) in [6, 6.07) is 10.1. The molecule has 3 rings (SSSR count). The third-order valence-electron chi connectivity index (χ3n) is 3.99. The van der Waals surface area contributed by atoms with E-state index in [4.69, 9.17) is 0 Å². The van der Waals surface area contributed by atoms with Crippen LogP contribution in [0.3, 0.4) is 0 Å². The zero-order chi connectivity index (χ0) is 14.8. The number of fused-ring (bicyclic) bond motifs is 1. The van der Waals surface area contributed by atoms with E-state index >= 15 is 0 Å². The predicted molar refractivity (Wildman–Crippen MR) is 86.0 cm³/mol. The van der Waals surface area contributed by atoms with Crippen LogP contribution in [0.5, 0.6) is 5.75 Å². The van der Waals surface area contributed by atoms with E-state index < -0.39 is 0 Å². The number of phenolic OH excluding ortho intramolecular Hbond substituents is 1. The Balaban J connectivity index is 1.80. The van der Waals surface area contributed by atoms with Crippen LogP contribution in [0, 0.1) is 0 Å². The minimum atomic E-state index is 0.293. The quantitative estimate of drug-likeness (QED) is 0.907. The molecule has 1 heterocycles. The Morgan fingerprint density at radius 1 is 1.24 bits per heavy atom. The molecule has 2 aromatic rings. The van der Waals surface area contributed by atoms with Crippen molar-refractivity contribution in [2.75, 3.05) is 24.3 Å². The van der Waals surface area contributed by atoms with Gasteiger partial charge in [-0.05, 0) is 54.7 Å². The highest BCUT2D eigenvalue weighted by Crippen LogP contribution is 2.34. The van der Waals surface area contributed by atoms with E-state index in [1.165, 1.54) is 11.1 Å². The second-order valence-electron chi connectivity index (χ2n) is 5.77. The highest BCUT2D eigenvalue weighted by Gasteiger charge is 2.20. The SMILES string of the molecule is CN(C)c1ccc(NC2CCCc3cc(O)ccc32)cn1. The summed E-state index contributed by atoms with van der Waals surface area (Å²) in [5, 5.41) is 13.2. The first-order valence-electron chi connectivity index (χ1n) is 7.35. The number of phenols is 1. The van der Waals surface area contributed by atoms with Crippen molar-refractivity contribution in [1.82, 2.24) is 4.98 Å². The maximum absolute atomic E-state index is 9.61. The molecule has 0 amide bonds. The lowest BCUT2D eigenvalue weighted by Gasteiger charge is -2.27. The summed E-state index contributed by atoms with van der Waals surface area (Å²) in [6.45, 7) is 0. The van der Waals surface area contributed by atoms with Gasteiger partial charge in [0, 0.05) is 14.1 Å². The van der Waals surface area contributed by atoms with Gasteiger partial charge in [0.2, 0.25) is 0 Å². The lowest BCUT2D eigenvalue weighted by atomic mass is 9.87. The number of aryl methyl sites for hydroxylation is 1. The number of rotatable bonds is 3.